The van der Waals surface area contributed by atoms with Crippen molar-refractivity contribution in [2.24, 2.45) is 5.92 Å². The van der Waals surface area contributed by atoms with Crippen LogP contribution in [0.4, 0.5) is 0 Å². The van der Waals surface area contributed by atoms with Gasteiger partial charge in [0.15, 0.2) is 8.32 Å². The highest BCUT2D eigenvalue weighted by Gasteiger charge is 2.50. The molecule has 0 radical (unpaired) electrons. The lowest BCUT2D eigenvalue weighted by Gasteiger charge is -2.40. The summed E-state index contributed by atoms with van der Waals surface area (Å²) >= 11 is 6.25. The molecule has 1 aliphatic heterocycles. The minimum Gasteiger partial charge on any atom is -0.495 e. The number of carbonyl (C=O) groups excluding carboxylic acids is 2. The van der Waals surface area contributed by atoms with Crippen molar-refractivity contribution in [2.75, 3.05) is 14.2 Å². The molecule has 11 heteroatoms. The van der Waals surface area contributed by atoms with E-state index in [0.29, 0.717) is 17.2 Å². The van der Waals surface area contributed by atoms with Gasteiger partial charge in [-0.25, -0.2) is 4.79 Å². The number of rotatable bonds is 13. The number of halogens is 1. The highest BCUT2D eigenvalue weighted by molar-refractivity contribution is 6.74. The number of hydrogen-bond donors (Lipinski definition) is 1. The lowest BCUT2D eigenvalue weighted by Crippen LogP contribution is -2.45. The van der Waals surface area contributed by atoms with Crippen molar-refractivity contribution >= 4 is 38.9 Å². The zero-order valence-electron chi connectivity index (χ0n) is 28.0. The molecule has 1 aromatic carbocycles. The van der Waals surface area contributed by atoms with Gasteiger partial charge in [0, 0.05) is 6.42 Å². The molecule has 8 nitrogen and oxygen atoms in total. The van der Waals surface area contributed by atoms with Crippen molar-refractivity contribution in [3.8, 4) is 5.75 Å². The molecule has 0 bridgehead atoms. The molecule has 1 fully saturated rings. The molecule has 1 aliphatic rings. The Hall–Kier alpha value is -2.11. The van der Waals surface area contributed by atoms with Crippen LogP contribution in [0, 0.1) is 5.92 Å². The summed E-state index contributed by atoms with van der Waals surface area (Å²) in [6.45, 7) is 21.2. The Kier molecular flexibility index (Phi) is 12.7. The molecular formula is C32H51BClNO7Si. The lowest BCUT2D eigenvalue weighted by atomic mass is 9.87. The minimum absolute atomic E-state index is 0.0135. The van der Waals surface area contributed by atoms with E-state index in [1.807, 2.05) is 33.7 Å². The van der Waals surface area contributed by atoms with Crippen molar-refractivity contribution in [2.45, 2.75) is 110 Å². The van der Waals surface area contributed by atoms with E-state index in [1.54, 1.807) is 24.3 Å². The van der Waals surface area contributed by atoms with E-state index in [4.69, 9.17) is 34.8 Å². The average molecular weight is 636 g/mol. The second kappa shape index (κ2) is 14.8. The fraction of sp³-hybridized carbons (Fsp3) is 0.625. The number of nitrogens with one attached hydrogen (secondary N) is 1. The van der Waals surface area contributed by atoms with Crippen LogP contribution in [0.3, 0.4) is 0 Å². The highest BCUT2D eigenvalue weighted by atomic mass is 35.5. The van der Waals surface area contributed by atoms with Crippen molar-refractivity contribution in [1.82, 2.24) is 5.32 Å². The van der Waals surface area contributed by atoms with E-state index < -0.39 is 44.6 Å². The van der Waals surface area contributed by atoms with Gasteiger partial charge in [-0.15, -0.1) is 0 Å². The van der Waals surface area contributed by atoms with Gasteiger partial charge in [0.05, 0.1) is 36.5 Å². The van der Waals surface area contributed by atoms with Gasteiger partial charge >= 0.3 is 13.1 Å². The molecule has 1 amide bonds. The molecule has 0 spiro atoms. The number of amides is 1. The molecule has 3 atom stereocenters. The molecule has 0 saturated carbocycles. The Morgan fingerprint density at radius 3 is 2.23 bits per heavy atom. The standard InChI is InChI=1S/C32H51BClNO7Si/c1-22(18-19-33-41-31(5,6)32(7,8)42-33)26(40-43(11,12)30(2,3)4)14-13-15-28(36)35-25(29(37)39-10)21-23-16-17-27(38-9)24(34)20-23/h13,15-20,22,25-26H,14,21H2,1-12H3,(H,35,36)/b15-13+,19-18+/t22-,25-,26+/m1/s1. The largest absolute Gasteiger partial charge is 0.495 e. The van der Waals surface area contributed by atoms with Crippen molar-refractivity contribution in [3.05, 3.63) is 53.0 Å². The fourth-order valence-corrected chi connectivity index (χ4v) is 5.92. The first-order valence-electron chi connectivity index (χ1n) is 14.8. The zero-order chi connectivity index (χ0) is 32.8. The van der Waals surface area contributed by atoms with Gasteiger partial charge < -0.3 is 28.5 Å². The average Bonchev–Trinajstić information content (AvgIpc) is 3.10. The van der Waals surface area contributed by atoms with Gasteiger partial charge in [-0.1, -0.05) is 63.5 Å². The highest BCUT2D eigenvalue weighted by Crippen LogP contribution is 2.39. The normalized spacial score (nSPS) is 19.0. The first-order valence-corrected chi connectivity index (χ1v) is 18.1. The smallest absolute Gasteiger partial charge is 0.486 e. The molecule has 43 heavy (non-hydrogen) atoms. The third kappa shape index (κ3) is 10.2. The van der Waals surface area contributed by atoms with Gasteiger partial charge in [0.1, 0.15) is 11.8 Å². The summed E-state index contributed by atoms with van der Waals surface area (Å²) in [4.78, 5) is 25.4. The van der Waals surface area contributed by atoms with Gasteiger partial charge in [0.2, 0.25) is 5.91 Å². The molecule has 0 aliphatic carbocycles. The van der Waals surface area contributed by atoms with E-state index >= 15 is 0 Å². The molecule has 240 valence electrons. The molecule has 1 saturated heterocycles. The predicted molar refractivity (Wildman–Crippen MR) is 176 cm³/mol. The van der Waals surface area contributed by atoms with Gasteiger partial charge in [-0.3, -0.25) is 4.79 Å². The summed E-state index contributed by atoms with van der Waals surface area (Å²) in [7, 11) is 0.249. The second-order valence-electron chi connectivity index (χ2n) is 13.7. The molecule has 1 N–H and O–H groups in total. The summed E-state index contributed by atoms with van der Waals surface area (Å²) < 4.78 is 29.2. The van der Waals surface area contributed by atoms with Crippen LogP contribution in [0.25, 0.3) is 0 Å². The van der Waals surface area contributed by atoms with Crippen LogP contribution in [0.5, 0.6) is 5.75 Å². The molecule has 0 unspecified atom stereocenters. The number of hydrogen-bond acceptors (Lipinski definition) is 7. The maximum Gasteiger partial charge on any atom is 0.486 e. The van der Waals surface area contributed by atoms with Crippen molar-refractivity contribution in [1.29, 1.82) is 0 Å². The van der Waals surface area contributed by atoms with Gasteiger partial charge in [0.25, 0.3) is 0 Å². The van der Waals surface area contributed by atoms with Crippen LogP contribution in [-0.2, 0) is 34.5 Å². The predicted octanol–water partition coefficient (Wildman–Crippen LogP) is 6.71. The van der Waals surface area contributed by atoms with Gasteiger partial charge in [-0.2, -0.15) is 0 Å². The Labute approximate surface area is 265 Å². The number of esters is 1. The molecule has 0 aromatic heterocycles. The number of benzene rings is 1. The van der Waals surface area contributed by atoms with Gasteiger partial charge in [-0.05, 0) is 81.9 Å². The lowest BCUT2D eigenvalue weighted by molar-refractivity contribution is -0.144. The van der Waals surface area contributed by atoms with Crippen molar-refractivity contribution in [3.63, 3.8) is 0 Å². The summed E-state index contributed by atoms with van der Waals surface area (Å²) in [5.41, 5.74) is -0.0731. The zero-order valence-corrected chi connectivity index (χ0v) is 29.8. The van der Waals surface area contributed by atoms with Crippen LogP contribution in [0.15, 0.2) is 42.4 Å². The quantitative estimate of drug-likeness (QED) is 0.146. The van der Waals surface area contributed by atoms with E-state index in [-0.39, 0.29) is 23.5 Å². The minimum atomic E-state index is -2.13. The number of carbonyl (C=O) groups is 2. The first-order chi connectivity index (χ1) is 19.7. The van der Waals surface area contributed by atoms with Crippen LogP contribution in [0.2, 0.25) is 23.2 Å². The summed E-state index contributed by atoms with van der Waals surface area (Å²) in [5.74, 6) is 1.55. The van der Waals surface area contributed by atoms with E-state index in [1.165, 1.54) is 20.3 Å². The molecule has 1 aromatic rings. The van der Waals surface area contributed by atoms with Crippen molar-refractivity contribution < 1.29 is 32.8 Å². The third-order valence-electron chi connectivity index (χ3n) is 8.78. The van der Waals surface area contributed by atoms with E-state index in [9.17, 15) is 9.59 Å². The number of ether oxygens (including phenoxy) is 2. The van der Waals surface area contributed by atoms with Crippen LogP contribution in [-0.4, -0.2) is 64.9 Å². The van der Waals surface area contributed by atoms with Crippen LogP contribution in [0.1, 0.15) is 67.4 Å². The topological polar surface area (TPSA) is 92.3 Å². The molecule has 2 rings (SSSR count). The monoisotopic (exact) mass is 635 g/mol. The Morgan fingerprint density at radius 2 is 1.72 bits per heavy atom. The summed E-state index contributed by atoms with van der Waals surface area (Å²) in [5, 5.41) is 3.20. The summed E-state index contributed by atoms with van der Waals surface area (Å²) in [6, 6.07) is 4.34. The fourth-order valence-electron chi connectivity index (χ4n) is 4.22. The number of methoxy groups -OCH3 is 2. The molecule has 1 heterocycles. The summed E-state index contributed by atoms with van der Waals surface area (Å²) in [6.07, 6.45) is 5.86. The Balaban J connectivity index is 2.16. The van der Waals surface area contributed by atoms with Crippen LogP contribution >= 0.6 is 11.6 Å². The molecular weight excluding hydrogens is 585 g/mol. The van der Waals surface area contributed by atoms with Crippen LogP contribution < -0.4 is 10.1 Å². The Morgan fingerprint density at radius 1 is 1.12 bits per heavy atom. The first kappa shape index (κ1) is 37.1. The Bertz CT molecular complexity index is 1160. The second-order valence-corrected chi connectivity index (χ2v) is 18.8. The SMILES string of the molecule is COC(=O)[C@@H](Cc1ccc(OC)c(Cl)c1)NC(=O)/C=C/C[C@H](O[Si](C)(C)C(C)(C)C)[C@H](C)/C=C/B1OC(C)(C)C(C)(C)O1. The maximum absolute atomic E-state index is 12.9. The van der Waals surface area contributed by atoms with E-state index in [0.717, 1.165) is 5.56 Å². The third-order valence-corrected chi connectivity index (χ3v) is 13.6. The van der Waals surface area contributed by atoms with E-state index in [2.05, 4.69) is 52.2 Å². The maximum atomic E-state index is 12.9.